The van der Waals surface area contributed by atoms with Crippen LogP contribution in [0.3, 0.4) is 0 Å². The summed E-state index contributed by atoms with van der Waals surface area (Å²) in [4.78, 5) is 0. The molecule has 0 spiro atoms. The maximum Gasteiger partial charge on any atom is 0.279 e. The van der Waals surface area contributed by atoms with Crippen LogP contribution in [0.1, 0.15) is 13.3 Å². The van der Waals surface area contributed by atoms with Crippen molar-refractivity contribution in [2.45, 2.75) is 25.6 Å². The van der Waals surface area contributed by atoms with Crippen molar-refractivity contribution >= 4 is 10.2 Å². The van der Waals surface area contributed by atoms with E-state index in [9.17, 15) is 18.6 Å². The van der Waals surface area contributed by atoms with Crippen LogP contribution in [0.2, 0.25) is 0 Å². The molecule has 0 aromatic heterocycles. The monoisotopic (exact) mass is 224 g/mol. The molecule has 0 saturated carbocycles. The smallest absolute Gasteiger partial charge is 0.279 e. The Kier molecular flexibility index (Phi) is 3.85. The molecule has 0 aromatic rings. The van der Waals surface area contributed by atoms with E-state index in [0.717, 1.165) is 4.31 Å². The lowest BCUT2D eigenvalue weighted by Crippen LogP contribution is -2.40. The summed E-state index contributed by atoms with van der Waals surface area (Å²) >= 11 is 0. The molecule has 3 N–H and O–H groups in total. The highest BCUT2D eigenvalue weighted by atomic mass is 32.2. The second kappa shape index (κ2) is 4.54. The molecule has 0 aliphatic carbocycles. The first-order valence-electron chi connectivity index (χ1n) is 4.58. The minimum Gasteiger partial charge on any atom is -0.389 e. The van der Waals surface area contributed by atoms with Gasteiger partial charge in [-0.05, 0) is 6.42 Å². The second-order valence-corrected chi connectivity index (χ2v) is 5.11. The molecule has 14 heavy (non-hydrogen) atoms. The zero-order valence-corrected chi connectivity index (χ0v) is 8.87. The van der Waals surface area contributed by atoms with E-state index < -0.39 is 22.4 Å². The van der Waals surface area contributed by atoms with Gasteiger partial charge in [0, 0.05) is 19.6 Å². The first-order valence-corrected chi connectivity index (χ1v) is 6.02. The van der Waals surface area contributed by atoms with Crippen molar-refractivity contribution < 1.29 is 18.6 Å². The Hall–Kier alpha value is -0.210. The molecule has 1 aliphatic heterocycles. The van der Waals surface area contributed by atoms with Crippen LogP contribution in [0.25, 0.3) is 0 Å². The topological polar surface area (TPSA) is 89.9 Å². The van der Waals surface area contributed by atoms with Crippen LogP contribution in [0.5, 0.6) is 0 Å². The zero-order valence-electron chi connectivity index (χ0n) is 8.05. The summed E-state index contributed by atoms with van der Waals surface area (Å²) in [5.74, 6) is 0. The molecule has 0 unspecified atom stereocenters. The van der Waals surface area contributed by atoms with Crippen molar-refractivity contribution in [1.29, 1.82) is 0 Å². The molecule has 1 aliphatic rings. The van der Waals surface area contributed by atoms with Gasteiger partial charge in [-0.1, -0.05) is 6.92 Å². The van der Waals surface area contributed by atoms with E-state index in [0.29, 0.717) is 13.0 Å². The van der Waals surface area contributed by atoms with Gasteiger partial charge in [0.2, 0.25) is 0 Å². The van der Waals surface area contributed by atoms with Crippen LogP contribution < -0.4 is 4.72 Å². The van der Waals surface area contributed by atoms with Gasteiger partial charge in [0.1, 0.15) is 0 Å². The van der Waals surface area contributed by atoms with E-state index in [1.807, 2.05) is 6.92 Å². The van der Waals surface area contributed by atoms with Crippen molar-refractivity contribution in [3.63, 3.8) is 0 Å². The summed E-state index contributed by atoms with van der Waals surface area (Å²) in [6, 6.07) is 0. The molecular weight excluding hydrogens is 208 g/mol. The summed E-state index contributed by atoms with van der Waals surface area (Å²) in [6.07, 6.45) is -1.25. The number of aliphatic hydroxyl groups is 2. The summed E-state index contributed by atoms with van der Waals surface area (Å²) in [7, 11) is -3.52. The van der Waals surface area contributed by atoms with Crippen molar-refractivity contribution in [3.8, 4) is 0 Å². The first kappa shape index (κ1) is 11.9. The zero-order chi connectivity index (χ0) is 10.8. The van der Waals surface area contributed by atoms with Crippen LogP contribution in [0, 0.1) is 0 Å². The predicted molar refractivity (Wildman–Crippen MR) is 50.8 cm³/mol. The molecule has 0 amide bonds. The van der Waals surface area contributed by atoms with E-state index >= 15 is 0 Å². The molecule has 2 atom stereocenters. The lowest BCUT2D eigenvalue weighted by molar-refractivity contribution is 0.0572. The quantitative estimate of drug-likeness (QED) is 0.529. The maximum atomic E-state index is 11.5. The predicted octanol–water partition coefficient (Wildman–Crippen LogP) is -1.73. The Balaban J connectivity index is 2.57. The Morgan fingerprint density at radius 3 is 2.29 bits per heavy atom. The maximum absolute atomic E-state index is 11.5. The van der Waals surface area contributed by atoms with E-state index in [4.69, 9.17) is 0 Å². The third-order valence-corrected chi connectivity index (χ3v) is 3.65. The summed E-state index contributed by atoms with van der Waals surface area (Å²) in [5, 5.41) is 18.3. The molecule has 1 rings (SSSR count). The fourth-order valence-electron chi connectivity index (χ4n) is 1.25. The van der Waals surface area contributed by atoms with Gasteiger partial charge in [0.05, 0.1) is 12.2 Å². The highest BCUT2D eigenvalue weighted by Gasteiger charge is 2.36. The Bertz CT molecular complexity index is 269. The highest BCUT2D eigenvalue weighted by Crippen LogP contribution is 2.12. The van der Waals surface area contributed by atoms with Crippen molar-refractivity contribution in [2.24, 2.45) is 0 Å². The molecular formula is C7H16N2O4S. The van der Waals surface area contributed by atoms with Crippen LogP contribution in [0.4, 0.5) is 0 Å². The Labute approximate surface area is 83.7 Å². The minimum atomic E-state index is -3.52. The molecule has 1 heterocycles. The number of nitrogens with zero attached hydrogens (tertiary/aromatic N) is 1. The van der Waals surface area contributed by atoms with Crippen molar-refractivity contribution in [3.05, 3.63) is 0 Å². The van der Waals surface area contributed by atoms with Gasteiger partial charge >= 0.3 is 0 Å². The number of aliphatic hydroxyl groups excluding tert-OH is 2. The number of nitrogens with one attached hydrogen (secondary N) is 1. The van der Waals surface area contributed by atoms with Gasteiger partial charge in [0.15, 0.2) is 0 Å². The van der Waals surface area contributed by atoms with Crippen LogP contribution in [-0.4, -0.2) is 54.8 Å². The Morgan fingerprint density at radius 1 is 1.36 bits per heavy atom. The third-order valence-electron chi connectivity index (χ3n) is 2.10. The standard InChI is InChI=1S/C7H16N2O4S/c1-2-3-8-14(12,13)9-4-6(10)7(11)5-9/h6-8,10-11H,2-5H2,1H3/t6-,7+. The SMILES string of the molecule is CCCNS(=O)(=O)N1C[C@@H](O)[C@@H](O)C1. The highest BCUT2D eigenvalue weighted by molar-refractivity contribution is 7.87. The van der Waals surface area contributed by atoms with Gasteiger partial charge in [0.25, 0.3) is 10.2 Å². The molecule has 0 bridgehead atoms. The molecule has 1 saturated heterocycles. The number of hydrogen-bond donors (Lipinski definition) is 3. The van der Waals surface area contributed by atoms with E-state index in [1.54, 1.807) is 0 Å². The van der Waals surface area contributed by atoms with Crippen LogP contribution in [-0.2, 0) is 10.2 Å². The molecule has 0 aromatic carbocycles. The average molecular weight is 224 g/mol. The van der Waals surface area contributed by atoms with Gasteiger partial charge in [-0.25, -0.2) is 4.72 Å². The van der Waals surface area contributed by atoms with E-state index in [-0.39, 0.29) is 13.1 Å². The van der Waals surface area contributed by atoms with Gasteiger partial charge in [-0.15, -0.1) is 0 Å². The fraction of sp³-hybridized carbons (Fsp3) is 1.00. The average Bonchev–Trinajstić information content (AvgIpc) is 2.45. The molecule has 0 radical (unpaired) electrons. The van der Waals surface area contributed by atoms with E-state index in [2.05, 4.69) is 4.72 Å². The van der Waals surface area contributed by atoms with Gasteiger partial charge < -0.3 is 10.2 Å². The summed E-state index contributed by atoms with van der Waals surface area (Å²) < 4.78 is 26.4. The second-order valence-electron chi connectivity index (χ2n) is 3.35. The number of rotatable bonds is 4. The molecule has 84 valence electrons. The summed E-state index contributed by atoms with van der Waals surface area (Å²) in [5.41, 5.74) is 0. The number of β-amino-alcohol motifs (C(OH)–C–C–N with tert-alkyl or cyclic N) is 2. The van der Waals surface area contributed by atoms with Crippen LogP contribution >= 0.6 is 0 Å². The fourth-order valence-corrected chi connectivity index (χ4v) is 2.60. The largest absolute Gasteiger partial charge is 0.389 e. The van der Waals surface area contributed by atoms with E-state index in [1.165, 1.54) is 0 Å². The van der Waals surface area contributed by atoms with Gasteiger partial charge in [-0.2, -0.15) is 12.7 Å². The molecule has 7 heteroatoms. The lowest BCUT2D eigenvalue weighted by Gasteiger charge is -2.15. The lowest BCUT2D eigenvalue weighted by atomic mass is 10.3. The third kappa shape index (κ3) is 2.64. The van der Waals surface area contributed by atoms with Crippen molar-refractivity contribution in [1.82, 2.24) is 9.03 Å². The summed E-state index contributed by atoms with van der Waals surface area (Å²) in [6.45, 7) is 2.14. The van der Waals surface area contributed by atoms with Crippen molar-refractivity contribution in [2.75, 3.05) is 19.6 Å². The Morgan fingerprint density at radius 2 is 1.86 bits per heavy atom. The van der Waals surface area contributed by atoms with Gasteiger partial charge in [-0.3, -0.25) is 0 Å². The molecule has 1 fully saturated rings. The first-order chi connectivity index (χ1) is 6.47. The molecule has 6 nitrogen and oxygen atoms in total. The van der Waals surface area contributed by atoms with Crippen LogP contribution in [0.15, 0.2) is 0 Å². The minimum absolute atomic E-state index is 0.0415. The normalized spacial score (nSPS) is 29.6. The number of hydrogen-bond acceptors (Lipinski definition) is 4.